The van der Waals surface area contributed by atoms with E-state index in [0.29, 0.717) is 6.54 Å². The van der Waals surface area contributed by atoms with Gasteiger partial charge in [-0.3, -0.25) is 4.90 Å². The molecule has 1 N–H and O–H groups in total. The van der Waals surface area contributed by atoms with Gasteiger partial charge >= 0.3 is 6.03 Å². The maximum atomic E-state index is 12.1. The lowest BCUT2D eigenvalue weighted by molar-refractivity contribution is 0.136. The molecular weight excluding hydrogens is 250 g/mol. The van der Waals surface area contributed by atoms with Crippen molar-refractivity contribution >= 4 is 6.03 Å². The first-order chi connectivity index (χ1) is 9.81. The highest BCUT2D eigenvalue weighted by atomic mass is 16.2. The second-order valence-electron chi connectivity index (χ2n) is 5.88. The van der Waals surface area contributed by atoms with E-state index in [1.807, 2.05) is 35.2 Å². The van der Waals surface area contributed by atoms with Crippen molar-refractivity contribution in [3.8, 4) is 0 Å². The molecule has 0 bridgehead atoms. The molecule has 2 amide bonds. The number of nitrogens with one attached hydrogen (secondary N) is 1. The third-order valence-electron chi connectivity index (χ3n) is 4.16. The summed E-state index contributed by atoms with van der Waals surface area (Å²) in [5.41, 5.74) is 1.15. The van der Waals surface area contributed by atoms with Gasteiger partial charge in [0.05, 0.1) is 0 Å². The van der Waals surface area contributed by atoms with Gasteiger partial charge in [0.15, 0.2) is 0 Å². The zero-order chi connectivity index (χ0) is 13.8. The van der Waals surface area contributed by atoms with E-state index in [1.54, 1.807) is 0 Å². The maximum absolute atomic E-state index is 12.1. The topological polar surface area (TPSA) is 35.6 Å². The molecule has 1 aliphatic heterocycles. The Hall–Kier alpha value is -1.55. The van der Waals surface area contributed by atoms with Crippen molar-refractivity contribution in [1.82, 2.24) is 15.1 Å². The van der Waals surface area contributed by atoms with E-state index in [-0.39, 0.29) is 6.03 Å². The number of amides is 2. The molecule has 2 fully saturated rings. The van der Waals surface area contributed by atoms with Crippen LogP contribution in [-0.2, 0) is 6.54 Å². The highest BCUT2D eigenvalue weighted by Gasteiger charge is 2.27. The number of hydrogen-bond donors (Lipinski definition) is 1. The summed E-state index contributed by atoms with van der Waals surface area (Å²) in [6.45, 7) is 5.60. The van der Waals surface area contributed by atoms with Crippen LogP contribution in [-0.4, -0.2) is 48.6 Å². The number of nitrogens with zero attached hydrogens (tertiary/aromatic N) is 2. The van der Waals surface area contributed by atoms with Gasteiger partial charge in [-0.2, -0.15) is 0 Å². The maximum Gasteiger partial charge on any atom is 0.317 e. The van der Waals surface area contributed by atoms with Gasteiger partial charge in [-0.05, 0) is 24.3 Å². The standard InChI is InChI=1S/C16H23N3O/c20-16(17-12-14-4-2-1-3-5-14)19-10-8-18(9-11-19)13-15-6-7-15/h1-5,15H,6-13H2,(H,17,20). The summed E-state index contributed by atoms with van der Waals surface area (Å²) in [5.74, 6) is 0.938. The molecule has 1 saturated heterocycles. The molecule has 3 rings (SSSR count). The van der Waals surface area contributed by atoms with E-state index >= 15 is 0 Å². The van der Waals surface area contributed by atoms with Crippen LogP contribution in [0.5, 0.6) is 0 Å². The summed E-state index contributed by atoms with van der Waals surface area (Å²) < 4.78 is 0. The number of carbonyl (C=O) groups excluding carboxylic acids is 1. The van der Waals surface area contributed by atoms with Crippen molar-refractivity contribution in [3.63, 3.8) is 0 Å². The van der Waals surface area contributed by atoms with Crippen LogP contribution in [0.1, 0.15) is 18.4 Å². The Balaban J connectivity index is 1.39. The van der Waals surface area contributed by atoms with Gasteiger partial charge in [0.2, 0.25) is 0 Å². The van der Waals surface area contributed by atoms with Crippen LogP contribution >= 0.6 is 0 Å². The van der Waals surface area contributed by atoms with Crippen molar-refractivity contribution in [2.24, 2.45) is 5.92 Å². The summed E-state index contributed by atoms with van der Waals surface area (Å²) in [5, 5.41) is 3.01. The molecule has 1 saturated carbocycles. The van der Waals surface area contributed by atoms with Crippen molar-refractivity contribution in [2.75, 3.05) is 32.7 Å². The Morgan fingerprint density at radius 2 is 1.80 bits per heavy atom. The molecule has 1 aromatic rings. The number of carbonyl (C=O) groups is 1. The minimum absolute atomic E-state index is 0.0694. The summed E-state index contributed by atoms with van der Waals surface area (Å²) in [6.07, 6.45) is 2.80. The molecule has 0 aromatic heterocycles. The number of rotatable bonds is 4. The van der Waals surface area contributed by atoms with Crippen LogP contribution in [0.4, 0.5) is 4.79 Å². The predicted octanol–water partition coefficient (Wildman–Crippen LogP) is 1.92. The lowest BCUT2D eigenvalue weighted by Crippen LogP contribution is -2.51. The average molecular weight is 273 g/mol. The number of urea groups is 1. The molecule has 1 aliphatic carbocycles. The van der Waals surface area contributed by atoms with Gasteiger partial charge in [-0.25, -0.2) is 4.79 Å². The number of benzene rings is 1. The Labute approximate surface area is 120 Å². The second kappa shape index (κ2) is 6.27. The van der Waals surface area contributed by atoms with Crippen molar-refractivity contribution in [3.05, 3.63) is 35.9 Å². The molecule has 20 heavy (non-hydrogen) atoms. The molecular formula is C16H23N3O. The van der Waals surface area contributed by atoms with Gasteiger partial charge in [0.25, 0.3) is 0 Å². The Kier molecular flexibility index (Phi) is 4.21. The van der Waals surface area contributed by atoms with Gasteiger partial charge < -0.3 is 10.2 Å². The molecule has 0 radical (unpaired) electrons. The van der Waals surface area contributed by atoms with E-state index in [0.717, 1.165) is 37.7 Å². The lowest BCUT2D eigenvalue weighted by atomic mass is 10.2. The smallest absolute Gasteiger partial charge is 0.317 e. The summed E-state index contributed by atoms with van der Waals surface area (Å²) >= 11 is 0. The highest BCUT2D eigenvalue weighted by Crippen LogP contribution is 2.29. The minimum atomic E-state index is 0.0694. The zero-order valence-electron chi connectivity index (χ0n) is 11.9. The van der Waals surface area contributed by atoms with Crippen molar-refractivity contribution in [1.29, 1.82) is 0 Å². The van der Waals surface area contributed by atoms with E-state index in [2.05, 4.69) is 10.2 Å². The number of piperazine rings is 1. The van der Waals surface area contributed by atoms with Crippen LogP contribution in [0.3, 0.4) is 0 Å². The highest BCUT2D eigenvalue weighted by molar-refractivity contribution is 5.74. The van der Waals surface area contributed by atoms with E-state index in [9.17, 15) is 4.79 Å². The lowest BCUT2D eigenvalue weighted by Gasteiger charge is -2.34. The molecule has 0 atom stereocenters. The van der Waals surface area contributed by atoms with E-state index < -0.39 is 0 Å². The molecule has 4 nitrogen and oxygen atoms in total. The largest absolute Gasteiger partial charge is 0.334 e. The molecule has 4 heteroatoms. The Morgan fingerprint density at radius 1 is 1.10 bits per heavy atom. The minimum Gasteiger partial charge on any atom is -0.334 e. The second-order valence-corrected chi connectivity index (χ2v) is 5.88. The quantitative estimate of drug-likeness (QED) is 0.910. The SMILES string of the molecule is O=C(NCc1ccccc1)N1CCN(CC2CC2)CC1. The Bertz CT molecular complexity index is 436. The fraction of sp³-hybridized carbons (Fsp3) is 0.562. The Morgan fingerprint density at radius 3 is 2.45 bits per heavy atom. The van der Waals surface area contributed by atoms with Gasteiger partial charge in [-0.1, -0.05) is 30.3 Å². The first-order valence-electron chi connectivity index (χ1n) is 7.60. The average Bonchev–Trinajstić information content (AvgIpc) is 3.31. The van der Waals surface area contributed by atoms with E-state index in [1.165, 1.54) is 19.4 Å². The first-order valence-corrected chi connectivity index (χ1v) is 7.60. The normalized spacial score (nSPS) is 19.9. The fourth-order valence-corrected chi connectivity index (χ4v) is 2.68. The summed E-state index contributed by atoms with van der Waals surface area (Å²) in [4.78, 5) is 16.5. The molecule has 0 unspecified atom stereocenters. The summed E-state index contributed by atoms with van der Waals surface area (Å²) in [7, 11) is 0. The van der Waals surface area contributed by atoms with Crippen LogP contribution < -0.4 is 5.32 Å². The zero-order valence-corrected chi connectivity index (χ0v) is 11.9. The van der Waals surface area contributed by atoms with E-state index in [4.69, 9.17) is 0 Å². The van der Waals surface area contributed by atoms with Crippen LogP contribution in [0.15, 0.2) is 30.3 Å². The third-order valence-corrected chi connectivity index (χ3v) is 4.16. The van der Waals surface area contributed by atoms with Crippen molar-refractivity contribution in [2.45, 2.75) is 19.4 Å². The monoisotopic (exact) mass is 273 g/mol. The van der Waals surface area contributed by atoms with Gasteiger partial charge in [0, 0.05) is 39.3 Å². The molecule has 0 spiro atoms. The molecule has 1 aromatic carbocycles. The van der Waals surface area contributed by atoms with Crippen LogP contribution in [0.25, 0.3) is 0 Å². The van der Waals surface area contributed by atoms with Crippen molar-refractivity contribution < 1.29 is 4.79 Å². The van der Waals surface area contributed by atoms with Crippen LogP contribution in [0.2, 0.25) is 0 Å². The van der Waals surface area contributed by atoms with Crippen LogP contribution in [0, 0.1) is 5.92 Å². The molecule has 1 heterocycles. The first kappa shape index (κ1) is 13.4. The fourth-order valence-electron chi connectivity index (χ4n) is 2.68. The van der Waals surface area contributed by atoms with Gasteiger partial charge in [-0.15, -0.1) is 0 Å². The third kappa shape index (κ3) is 3.73. The summed E-state index contributed by atoms with van der Waals surface area (Å²) in [6, 6.07) is 10.1. The molecule has 108 valence electrons. The predicted molar refractivity (Wildman–Crippen MR) is 79.4 cm³/mol. The molecule has 2 aliphatic rings. The number of hydrogen-bond acceptors (Lipinski definition) is 2. The van der Waals surface area contributed by atoms with Gasteiger partial charge in [0.1, 0.15) is 0 Å².